The SMILES string of the molecule is Cc1cc(=O)oc2cc(OCc3ccc(C(=O)OCC(=O)Nc4ccc(CC#N)cc4)cc3)ccc12. The van der Waals surface area contributed by atoms with E-state index in [0.717, 1.165) is 22.1 Å². The van der Waals surface area contributed by atoms with Crippen LogP contribution in [0.5, 0.6) is 5.75 Å². The molecule has 1 N–H and O–H groups in total. The monoisotopic (exact) mass is 482 g/mol. The van der Waals surface area contributed by atoms with Gasteiger partial charge in [-0.25, -0.2) is 9.59 Å². The summed E-state index contributed by atoms with van der Waals surface area (Å²) in [5.74, 6) is -0.546. The Morgan fingerprint density at radius 1 is 0.972 bits per heavy atom. The van der Waals surface area contributed by atoms with Crippen LogP contribution in [0.1, 0.15) is 27.0 Å². The number of rotatable bonds is 8. The first-order valence-corrected chi connectivity index (χ1v) is 11.1. The summed E-state index contributed by atoms with van der Waals surface area (Å²) in [7, 11) is 0. The van der Waals surface area contributed by atoms with Gasteiger partial charge >= 0.3 is 11.6 Å². The van der Waals surface area contributed by atoms with Crippen molar-refractivity contribution in [2.45, 2.75) is 20.0 Å². The number of hydrogen-bond acceptors (Lipinski definition) is 7. The van der Waals surface area contributed by atoms with Crippen LogP contribution in [-0.2, 0) is 22.6 Å². The highest BCUT2D eigenvalue weighted by molar-refractivity contribution is 5.95. The molecule has 0 unspecified atom stereocenters. The molecule has 8 heteroatoms. The number of nitrogens with one attached hydrogen (secondary N) is 1. The molecule has 0 fully saturated rings. The van der Waals surface area contributed by atoms with Crippen LogP contribution in [0.15, 0.2) is 82.0 Å². The van der Waals surface area contributed by atoms with E-state index in [1.807, 2.05) is 13.0 Å². The summed E-state index contributed by atoms with van der Waals surface area (Å²) in [4.78, 5) is 36.0. The Kier molecular flexibility index (Phi) is 7.42. The van der Waals surface area contributed by atoms with E-state index in [-0.39, 0.29) is 6.61 Å². The molecule has 0 saturated heterocycles. The van der Waals surface area contributed by atoms with Crippen LogP contribution in [0, 0.1) is 18.3 Å². The Hall–Kier alpha value is -4.90. The van der Waals surface area contributed by atoms with Gasteiger partial charge in [-0.05, 0) is 60.0 Å². The molecule has 3 aromatic carbocycles. The van der Waals surface area contributed by atoms with Crippen LogP contribution < -0.4 is 15.7 Å². The standard InChI is InChI=1S/C28H22N2O6/c1-18-14-27(32)36-25-15-23(10-11-24(18)25)34-16-20-2-6-21(7-3-20)28(33)35-17-26(31)30-22-8-4-19(5-9-22)12-13-29/h2-11,14-15H,12,16-17H2,1H3,(H,30,31). The number of hydrogen-bond donors (Lipinski definition) is 1. The van der Waals surface area contributed by atoms with Crippen LogP contribution in [0.25, 0.3) is 11.0 Å². The van der Waals surface area contributed by atoms with Crippen molar-refractivity contribution in [3.63, 3.8) is 0 Å². The minimum atomic E-state index is -0.623. The molecule has 0 aliphatic rings. The van der Waals surface area contributed by atoms with E-state index in [1.54, 1.807) is 60.7 Å². The first-order valence-electron chi connectivity index (χ1n) is 11.1. The van der Waals surface area contributed by atoms with Crippen molar-refractivity contribution in [2.24, 2.45) is 0 Å². The quantitative estimate of drug-likeness (QED) is 0.289. The second-order valence-corrected chi connectivity index (χ2v) is 8.05. The van der Waals surface area contributed by atoms with Gasteiger partial charge in [0.2, 0.25) is 0 Å². The molecule has 36 heavy (non-hydrogen) atoms. The fourth-order valence-electron chi connectivity index (χ4n) is 3.51. The molecule has 180 valence electrons. The van der Waals surface area contributed by atoms with Gasteiger partial charge in [-0.3, -0.25) is 4.79 Å². The lowest BCUT2D eigenvalue weighted by atomic mass is 10.1. The normalized spacial score (nSPS) is 10.4. The summed E-state index contributed by atoms with van der Waals surface area (Å²) < 4.78 is 16.1. The second-order valence-electron chi connectivity index (χ2n) is 8.05. The summed E-state index contributed by atoms with van der Waals surface area (Å²) >= 11 is 0. The van der Waals surface area contributed by atoms with Gasteiger partial charge in [0.1, 0.15) is 17.9 Å². The van der Waals surface area contributed by atoms with Crippen molar-refractivity contribution in [1.29, 1.82) is 5.26 Å². The minimum absolute atomic E-state index is 0.243. The van der Waals surface area contributed by atoms with Gasteiger partial charge in [-0.1, -0.05) is 24.3 Å². The molecule has 4 aromatic rings. The van der Waals surface area contributed by atoms with E-state index in [0.29, 0.717) is 29.0 Å². The van der Waals surface area contributed by atoms with Crippen molar-refractivity contribution in [3.8, 4) is 11.8 Å². The maximum atomic E-state index is 12.3. The molecular weight excluding hydrogens is 460 g/mol. The summed E-state index contributed by atoms with van der Waals surface area (Å²) in [6, 6.07) is 22.3. The smallest absolute Gasteiger partial charge is 0.338 e. The molecule has 0 aliphatic heterocycles. The number of aryl methyl sites for hydroxylation is 1. The minimum Gasteiger partial charge on any atom is -0.489 e. The topological polar surface area (TPSA) is 119 Å². The molecule has 0 bridgehead atoms. The van der Waals surface area contributed by atoms with Gasteiger partial charge in [0, 0.05) is 23.2 Å². The van der Waals surface area contributed by atoms with Gasteiger partial charge in [0.15, 0.2) is 6.61 Å². The number of fused-ring (bicyclic) bond motifs is 1. The van der Waals surface area contributed by atoms with Crippen molar-refractivity contribution >= 4 is 28.5 Å². The van der Waals surface area contributed by atoms with Crippen LogP contribution in [0.2, 0.25) is 0 Å². The van der Waals surface area contributed by atoms with Crippen molar-refractivity contribution in [3.05, 3.63) is 105 Å². The average molecular weight is 482 g/mol. The number of ether oxygens (including phenoxy) is 2. The zero-order chi connectivity index (χ0) is 25.5. The number of carbonyl (C=O) groups excluding carboxylic acids is 2. The molecule has 0 radical (unpaired) electrons. The Bertz CT molecular complexity index is 1500. The number of amides is 1. The molecule has 4 rings (SSSR count). The first kappa shape index (κ1) is 24.2. The van der Waals surface area contributed by atoms with Gasteiger partial charge in [-0.2, -0.15) is 5.26 Å². The molecule has 0 spiro atoms. The van der Waals surface area contributed by atoms with Gasteiger partial charge in [-0.15, -0.1) is 0 Å². The average Bonchev–Trinajstić information content (AvgIpc) is 2.87. The van der Waals surface area contributed by atoms with Crippen LogP contribution in [0.3, 0.4) is 0 Å². The molecule has 0 aliphatic carbocycles. The number of anilines is 1. The van der Waals surface area contributed by atoms with Crippen LogP contribution >= 0.6 is 0 Å². The molecule has 1 aromatic heterocycles. The van der Waals surface area contributed by atoms with Crippen molar-refractivity contribution in [1.82, 2.24) is 0 Å². The Labute approximate surface area is 206 Å². The maximum absolute atomic E-state index is 12.3. The summed E-state index contributed by atoms with van der Waals surface area (Å²) in [6.45, 7) is 1.66. The lowest BCUT2D eigenvalue weighted by molar-refractivity contribution is -0.119. The predicted molar refractivity (Wildman–Crippen MR) is 133 cm³/mol. The highest BCUT2D eigenvalue weighted by Crippen LogP contribution is 2.23. The molecular formula is C28H22N2O6. The van der Waals surface area contributed by atoms with Gasteiger partial charge in [0.05, 0.1) is 18.1 Å². The molecule has 1 amide bonds. The molecule has 0 atom stereocenters. The first-order chi connectivity index (χ1) is 17.4. The predicted octanol–water partition coefficient (Wildman–Crippen LogP) is 4.54. The summed E-state index contributed by atoms with van der Waals surface area (Å²) in [5.41, 5.74) is 3.38. The zero-order valence-electron chi connectivity index (χ0n) is 19.4. The lowest BCUT2D eigenvalue weighted by Crippen LogP contribution is -2.20. The van der Waals surface area contributed by atoms with E-state index < -0.39 is 24.1 Å². The van der Waals surface area contributed by atoms with E-state index in [9.17, 15) is 14.4 Å². The number of carbonyl (C=O) groups is 2. The summed E-state index contributed by atoms with van der Waals surface area (Å²) in [6.07, 6.45) is 0.291. The maximum Gasteiger partial charge on any atom is 0.338 e. The zero-order valence-corrected chi connectivity index (χ0v) is 19.4. The fraction of sp³-hybridized carbons (Fsp3) is 0.143. The number of esters is 1. The van der Waals surface area contributed by atoms with Gasteiger partial charge < -0.3 is 19.2 Å². The molecule has 1 heterocycles. The van der Waals surface area contributed by atoms with E-state index in [1.165, 1.54) is 6.07 Å². The number of nitriles is 1. The third-order valence-corrected chi connectivity index (χ3v) is 5.37. The van der Waals surface area contributed by atoms with E-state index in [4.69, 9.17) is 19.2 Å². The Morgan fingerprint density at radius 2 is 1.69 bits per heavy atom. The van der Waals surface area contributed by atoms with Crippen LogP contribution in [-0.4, -0.2) is 18.5 Å². The second kappa shape index (κ2) is 11.0. The third kappa shape index (κ3) is 6.15. The largest absolute Gasteiger partial charge is 0.489 e. The lowest BCUT2D eigenvalue weighted by Gasteiger charge is -2.09. The molecule has 0 saturated carbocycles. The van der Waals surface area contributed by atoms with E-state index in [2.05, 4.69) is 11.4 Å². The summed E-state index contributed by atoms with van der Waals surface area (Å²) in [5, 5.41) is 12.2. The van der Waals surface area contributed by atoms with E-state index >= 15 is 0 Å². The van der Waals surface area contributed by atoms with Crippen LogP contribution in [0.4, 0.5) is 5.69 Å². The number of nitrogens with zero attached hydrogens (tertiary/aromatic N) is 1. The Morgan fingerprint density at radius 3 is 2.42 bits per heavy atom. The Balaban J connectivity index is 1.27. The van der Waals surface area contributed by atoms with Gasteiger partial charge in [0.25, 0.3) is 5.91 Å². The molecule has 8 nitrogen and oxygen atoms in total. The van der Waals surface area contributed by atoms with Crippen molar-refractivity contribution < 1.29 is 23.5 Å². The third-order valence-electron chi connectivity index (χ3n) is 5.37. The highest BCUT2D eigenvalue weighted by atomic mass is 16.5. The number of benzene rings is 3. The fourth-order valence-corrected chi connectivity index (χ4v) is 3.51. The van der Waals surface area contributed by atoms with Crippen molar-refractivity contribution in [2.75, 3.05) is 11.9 Å². The highest BCUT2D eigenvalue weighted by Gasteiger charge is 2.11.